The third-order valence-electron chi connectivity index (χ3n) is 5.45. The molecule has 7 heteroatoms. The van der Waals surface area contributed by atoms with Gasteiger partial charge in [-0.1, -0.05) is 18.2 Å². The van der Waals surface area contributed by atoms with Crippen molar-refractivity contribution >= 4 is 17.5 Å². The number of anilines is 1. The lowest BCUT2D eigenvalue weighted by Gasteiger charge is -2.15. The van der Waals surface area contributed by atoms with Crippen LogP contribution in [0, 0.1) is 17.7 Å². The molecule has 3 fully saturated rings. The van der Waals surface area contributed by atoms with Gasteiger partial charge in [0.15, 0.2) is 0 Å². The van der Waals surface area contributed by atoms with Crippen LogP contribution in [-0.4, -0.2) is 33.8 Å². The molecule has 1 aromatic heterocycles. The smallest absolute Gasteiger partial charge is 0.240 e. The highest BCUT2D eigenvalue weighted by Gasteiger charge is 2.62. The van der Waals surface area contributed by atoms with Crippen LogP contribution in [0.5, 0.6) is 0 Å². The maximum Gasteiger partial charge on any atom is 0.240 e. The maximum absolute atomic E-state index is 13.8. The number of rotatable bonds is 3. The van der Waals surface area contributed by atoms with E-state index in [1.54, 1.807) is 24.4 Å². The molecular weight excluding hydrogens is 325 g/mol. The Balaban J connectivity index is 1.41. The van der Waals surface area contributed by atoms with Crippen molar-refractivity contribution in [1.82, 2.24) is 9.78 Å². The molecule has 4 atom stereocenters. The van der Waals surface area contributed by atoms with Crippen molar-refractivity contribution in [2.24, 2.45) is 11.8 Å². The van der Waals surface area contributed by atoms with E-state index in [0.717, 1.165) is 12.8 Å². The Morgan fingerprint density at radius 2 is 1.80 bits per heavy atom. The van der Waals surface area contributed by atoms with E-state index in [2.05, 4.69) is 5.10 Å². The lowest BCUT2D eigenvalue weighted by atomic mass is 9.81. The molecule has 25 heavy (non-hydrogen) atoms. The summed E-state index contributed by atoms with van der Waals surface area (Å²) >= 11 is 0. The van der Waals surface area contributed by atoms with Crippen LogP contribution in [0.2, 0.25) is 0 Å². The van der Waals surface area contributed by atoms with Crippen LogP contribution in [-0.2, 0) is 20.9 Å². The van der Waals surface area contributed by atoms with Crippen molar-refractivity contribution in [1.29, 1.82) is 0 Å². The van der Waals surface area contributed by atoms with E-state index in [1.807, 2.05) is 0 Å². The fraction of sp³-hybridized carbons (Fsp3) is 0.389. The first kappa shape index (κ1) is 14.8. The molecule has 2 aromatic rings. The van der Waals surface area contributed by atoms with Crippen LogP contribution in [0.15, 0.2) is 36.7 Å². The van der Waals surface area contributed by atoms with Gasteiger partial charge in [0.1, 0.15) is 5.82 Å². The Bertz CT molecular complexity index is 852. The normalized spacial score (nSPS) is 30.4. The zero-order chi connectivity index (χ0) is 17.1. The largest absolute Gasteiger partial charge is 0.373 e. The molecule has 0 saturated carbocycles. The fourth-order valence-electron chi connectivity index (χ4n) is 4.32. The van der Waals surface area contributed by atoms with E-state index in [9.17, 15) is 14.0 Å². The molecule has 5 rings (SSSR count). The van der Waals surface area contributed by atoms with Gasteiger partial charge >= 0.3 is 0 Å². The van der Waals surface area contributed by atoms with Gasteiger partial charge in [0.05, 0.1) is 42.5 Å². The van der Waals surface area contributed by atoms with Gasteiger partial charge < -0.3 is 4.74 Å². The minimum absolute atomic E-state index is 0.134. The van der Waals surface area contributed by atoms with Crippen LogP contribution in [0.1, 0.15) is 18.4 Å². The Hall–Kier alpha value is -2.54. The molecule has 3 aliphatic rings. The van der Waals surface area contributed by atoms with E-state index < -0.39 is 0 Å². The monoisotopic (exact) mass is 341 g/mol. The molecule has 1 aromatic carbocycles. The number of hydrogen-bond donors (Lipinski definition) is 0. The summed E-state index contributed by atoms with van der Waals surface area (Å²) < 4.78 is 21.0. The maximum atomic E-state index is 13.8. The highest BCUT2D eigenvalue weighted by Crippen LogP contribution is 2.49. The minimum atomic E-state index is -0.360. The summed E-state index contributed by atoms with van der Waals surface area (Å²) in [6, 6.07) is 6.46. The molecule has 2 amide bonds. The number of nitrogens with zero attached hydrogens (tertiary/aromatic N) is 3. The van der Waals surface area contributed by atoms with Crippen molar-refractivity contribution in [2.45, 2.75) is 31.6 Å². The van der Waals surface area contributed by atoms with E-state index in [-0.39, 0.29) is 48.2 Å². The summed E-state index contributed by atoms with van der Waals surface area (Å²) in [5.41, 5.74) is 0.944. The van der Waals surface area contributed by atoms with Crippen molar-refractivity contribution in [2.75, 3.05) is 4.90 Å². The van der Waals surface area contributed by atoms with Gasteiger partial charge in [-0.3, -0.25) is 14.3 Å². The number of amides is 2. The fourth-order valence-corrected chi connectivity index (χ4v) is 4.32. The van der Waals surface area contributed by atoms with Crippen molar-refractivity contribution in [3.8, 4) is 0 Å². The number of halogens is 1. The molecule has 0 radical (unpaired) electrons. The average molecular weight is 341 g/mol. The van der Waals surface area contributed by atoms with Gasteiger partial charge in [-0.25, -0.2) is 9.29 Å². The van der Waals surface area contributed by atoms with E-state index in [0.29, 0.717) is 11.3 Å². The molecule has 0 unspecified atom stereocenters. The molecule has 6 nitrogen and oxygen atoms in total. The number of benzene rings is 1. The molecule has 4 heterocycles. The van der Waals surface area contributed by atoms with Gasteiger partial charge in [-0.15, -0.1) is 0 Å². The minimum Gasteiger partial charge on any atom is -0.373 e. The highest BCUT2D eigenvalue weighted by atomic mass is 19.1. The third kappa shape index (κ3) is 2.08. The summed E-state index contributed by atoms with van der Waals surface area (Å²) in [6.07, 6.45) is 4.51. The van der Waals surface area contributed by atoms with Crippen molar-refractivity contribution in [3.05, 3.63) is 48.0 Å². The summed E-state index contributed by atoms with van der Waals surface area (Å²) in [5, 5.41) is 4.19. The number of aromatic nitrogens is 2. The molecule has 128 valence electrons. The van der Waals surface area contributed by atoms with Crippen molar-refractivity contribution in [3.63, 3.8) is 0 Å². The zero-order valence-electron chi connectivity index (χ0n) is 13.3. The van der Waals surface area contributed by atoms with Crippen molar-refractivity contribution < 1.29 is 18.7 Å². The molecule has 2 bridgehead atoms. The molecule has 3 aliphatic heterocycles. The summed E-state index contributed by atoms with van der Waals surface area (Å²) in [7, 11) is 0. The standard InChI is InChI=1S/C18H16FN3O3/c19-12-4-2-1-3-10(12)8-21-9-11(7-20-21)22-17(23)15-13-5-6-14(25-13)16(15)18(22)24/h1-4,7,9,13-16H,5-6,8H2/t13-,14-,15-,16+/m1/s1. The summed E-state index contributed by atoms with van der Waals surface area (Å²) in [6.45, 7) is 0.240. The SMILES string of the molecule is O=C1[C@@H]2[C@H](C(=O)N1c1cnn(Cc3ccccc3F)c1)[C@H]1CC[C@H]2O1. The van der Waals surface area contributed by atoms with Gasteiger partial charge in [0.2, 0.25) is 11.8 Å². The number of ether oxygens (including phenoxy) is 1. The predicted molar refractivity (Wildman–Crippen MR) is 85.1 cm³/mol. The second kappa shape index (κ2) is 5.23. The van der Waals surface area contributed by atoms with Gasteiger partial charge in [0, 0.05) is 11.8 Å². The first-order valence-electron chi connectivity index (χ1n) is 8.42. The second-order valence-corrected chi connectivity index (χ2v) is 6.84. The summed E-state index contributed by atoms with van der Waals surface area (Å²) in [4.78, 5) is 26.7. The molecule has 0 aliphatic carbocycles. The third-order valence-corrected chi connectivity index (χ3v) is 5.45. The number of carbonyl (C=O) groups is 2. The Kier molecular flexibility index (Phi) is 3.09. The van der Waals surface area contributed by atoms with Crippen LogP contribution >= 0.6 is 0 Å². The van der Waals surface area contributed by atoms with Crippen LogP contribution in [0.25, 0.3) is 0 Å². The lowest BCUT2D eigenvalue weighted by Crippen LogP contribution is -2.34. The quantitative estimate of drug-likeness (QED) is 0.798. The van der Waals surface area contributed by atoms with E-state index in [1.165, 1.54) is 21.8 Å². The van der Waals surface area contributed by atoms with E-state index in [4.69, 9.17) is 4.74 Å². The molecule has 0 spiro atoms. The Morgan fingerprint density at radius 3 is 2.48 bits per heavy atom. The zero-order valence-corrected chi connectivity index (χ0v) is 13.3. The predicted octanol–water partition coefficient (Wildman–Crippen LogP) is 1.74. The van der Waals surface area contributed by atoms with Crippen LogP contribution in [0.4, 0.5) is 10.1 Å². The molecule has 0 N–H and O–H groups in total. The van der Waals surface area contributed by atoms with E-state index >= 15 is 0 Å². The molecular formula is C18H16FN3O3. The summed E-state index contributed by atoms with van der Waals surface area (Å²) in [5.74, 6) is -1.43. The molecule has 3 saturated heterocycles. The average Bonchev–Trinajstić information content (AvgIpc) is 3.35. The number of fused-ring (bicyclic) bond motifs is 5. The second-order valence-electron chi connectivity index (χ2n) is 6.84. The highest BCUT2D eigenvalue weighted by molar-refractivity contribution is 6.22. The van der Waals surface area contributed by atoms with Crippen LogP contribution in [0.3, 0.4) is 0 Å². The number of hydrogen-bond acceptors (Lipinski definition) is 4. The van der Waals surface area contributed by atoms with Gasteiger partial charge in [-0.2, -0.15) is 5.10 Å². The number of imide groups is 1. The lowest BCUT2D eigenvalue weighted by molar-refractivity contribution is -0.124. The van der Waals surface area contributed by atoms with Crippen LogP contribution < -0.4 is 4.90 Å². The first-order chi connectivity index (χ1) is 12.1. The Morgan fingerprint density at radius 1 is 1.12 bits per heavy atom. The van der Waals surface area contributed by atoms with Gasteiger partial charge in [0.25, 0.3) is 0 Å². The number of carbonyl (C=O) groups excluding carboxylic acids is 2. The first-order valence-corrected chi connectivity index (χ1v) is 8.42. The topological polar surface area (TPSA) is 64.4 Å². The Labute approximate surface area is 143 Å². The van der Waals surface area contributed by atoms with Gasteiger partial charge in [-0.05, 0) is 18.9 Å².